The summed E-state index contributed by atoms with van der Waals surface area (Å²) < 4.78 is 46.2. The van der Waals surface area contributed by atoms with E-state index in [1.54, 1.807) is 0 Å². The van der Waals surface area contributed by atoms with Gasteiger partial charge in [-0.3, -0.25) is 9.36 Å². The first-order valence-electron chi connectivity index (χ1n) is 8.79. The highest BCUT2D eigenvalue weighted by Crippen LogP contribution is 2.30. The van der Waals surface area contributed by atoms with Gasteiger partial charge in [0, 0.05) is 6.20 Å². The summed E-state index contributed by atoms with van der Waals surface area (Å²) in [4.78, 5) is 24.1. The highest BCUT2D eigenvalue weighted by Gasteiger charge is 2.30. The SMILES string of the molecule is O=c1c2ncn(COC(CO)CO)c2nc2[nH]c(-c3ccc(C(F)(F)F)cc3)cn12. The van der Waals surface area contributed by atoms with E-state index in [9.17, 15) is 18.0 Å². The van der Waals surface area contributed by atoms with Crippen molar-refractivity contribution in [3.05, 3.63) is 52.7 Å². The molecule has 0 radical (unpaired) electrons. The number of fused-ring (bicyclic) bond motifs is 2. The molecule has 0 aliphatic rings. The third-order valence-electron chi connectivity index (χ3n) is 4.56. The van der Waals surface area contributed by atoms with Crippen LogP contribution in [0.5, 0.6) is 0 Å². The molecule has 0 unspecified atom stereocenters. The Bertz CT molecular complexity index is 1240. The summed E-state index contributed by atoms with van der Waals surface area (Å²) in [6, 6.07) is 4.52. The molecule has 0 aliphatic carbocycles. The second-order valence-electron chi connectivity index (χ2n) is 6.52. The Hall–Kier alpha value is -3.22. The number of imidazole rings is 2. The molecule has 3 aromatic heterocycles. The highest BCUT2D eigenvalue weighted by molar-refractivity contribution is 5.73. The summed E-state index contributed by atoms with van der Waals surface area (Å²) in [5, 5.41) is 18.2. The zero-order valence-corrected chi connectivity index (χ0v) is 15.3. The van der Waals surface area contributed by atoms with Crippen LogP contribution in [0.3, 0.4) is 0 Å². The first-order chi connectivity index (χ1) is 14.3. The lowest BCUT2D eigenvalue weighted by atomic mass is 10.1. The Balaban J connectivity index is 1.71. The summed E-state index contributed by atoms with van der Waals surface area (Å²) in [7, 11) is 0. The molecule has 158 valence electrons. The molecule has 4 aromatic rings. The average molecular weight is 423 g/mol. The van der Waals surface area contributed by atoms with E-state index >= 15 is 0 Å². The van der Waals surface area contributed by atoms with Gasteiger partial charge in [-0.05, 0) is 17.7 Å². The number of aliphatic hydroxyl groups excluding tert-OH is 2. The van der Waals surface area contributed by atoms with Crippen molar-refractivity contribution in [2.75, 3.05) is 13.2 Å². The normalized spacial score (nSPS) is 12.5. The minimum atomic E-state index is -4.44. The molecule has 0 amide bonds. The smallest absolute Gasteiger partial charge is 0.394 e. The maximum Gasteiger partial charge on any atom is 0.416 e. The molecule has 30 heavy (non-hydrogen) atoms. The Morgan fingerprint density at radius 3 is 2.50 bits per heavy atom. The molecule has 0 atom stereocenters. The first-order valence-corrected chi connectivity index (χ1v) is 8.79. The quantitative estimate of drug-likeness (QED) is 0.431. The van der Waals surface area contributed by atoms with Gasteiger partial charge in [0.2, 0.25) is 5.78 Å². The minimum absolute atomic E-state index is 0.0682. The maximum atomic E-state index is 12.8. The number of aromatic nitrogens is 5. The van der Waals surface area contributed by atoms with Crippen LogP contribution >= 0.6 is 0 Å². The van der Waals surface area contributed by atoms with Gasteiger partial charge in [0.15, 0.2) is 11.2 Å². The van der Waals surface area contributed by atoms with E-state index in [1.807, 2.05) is 0 Å². The van der Waals surface area contributed by atoms with Crippen molar-refractivity contribution in [1.29, 1.82) is 0 Å². The molecule has 0 bridgehead atoms. The number of ether oxygens (including phenoxy) is 1. The van der Waals surface area contributed by atoms with Gasteiger partial charge < -0.3 is 19.9 Å². The van der Waals surface area contributed by atoms with E-state index in [1.165, 1.54) is 33.6 Å². The molecular formula is C18H16F3N5O4. The van der Waals surface area contributed by atoms with E-state index < -0.39 is 23.4 Å². The maximum absolute atomic E-state index is 12.8. The fraction of sp³-hybridized carbons (Fsp3) is 0.278. The fourth-order valence-corrected chi connectivity index (χ4v) is 2.93. The van der Waals surface area contributed by atoms with Crippen molar-refractivity contribution in [3.8, 4) is 11.3 Å². The number of rotatable bonds is 6. The average Bonchev–Trinajstić information content (AvgIpc) is 3.33. The number of hydrogen-bond donors (Lipinski definition) is 3. The summed E-state index contributed by atoms with van der Waals surface area (Å²) in [5.74, 6) is 0.171. The summed E-state index contributed by atoms with van der Waals surface area (Å²) in [6.07, 6.45) is -2.44. The summed E-state index contributed by atoms with van der Waals surface area (Å²) in [5.41, 5.74) is -0.0985. The van der Waals surface area contributed by atoms with Gasteiger partial charge in [0.05, 0.1) is 30.8 Å². The Labute approximate surface area is 166 Å². The van der Waals surface area contributed by atoms with Crippen LogP contribution in [0.4, 0.5) is 13.2 Å². The Morgan fingerprint density at radius 2 is 1.87 bits per heavy atom. The topological polar surface area (TPSA) is 118 Å². The lowest BCUT2D eigenvalue weighted by Gasteiger charge is -2.12. The molecule has 0 spiro atoms. The molecule has 12 heteroatoms. The van der Waals surface area contributed by atoms with Crippen LogP contribution in [0, 0.1) is 0 Å². The molecule has 0 aliphatic heterocycles. The van der Waals surface area contributed by atoms with Gasteiger partial charge in [-0.15, -0.1) is 0 Å². The number of H-pyrrole nitrogens is 1. The lowest BCUT2D eigenvalue weighted by Crippen LogP contribution is -2.23. The molecule has 0 saturated carbocycles. The van der Waals surface area contributed by atoms with Gasteiger partial charge in [-0.1, -0.05) is 12.1 Å². The number of benzene rings is 1. The van der Waals surface area contributed by atoms with Crippen LogP contribution in [0.15, 0.2) is 41.6 Å². The lowest BCUT2D eigenvalue weighted by molar-refractivity contribution is -0.137. The van der Waals surface area contributed by atoms with Gasteiger partial charge in [0.1, 0.15) is 12.8 Å². The van der Waals surface area contributed by atoms with Gasteiger partial charge in [-0.25, -0.2) is 9.38 Å². The van der Waals surface area contributed by atoms with E-state index in [2.05, 4.69) is 15.0 Å². The van der Waals surface area contributed by atoms with Crippen molar-refractivity contribution in [2.24, 2.45) is 0 Å². The predicted molar refractivity (Wildman–Crippen MR) is 98.6 cm³/mol. The van der Waals surface area contributed by atoms with Crippen molar-refractivity contribution in [1.82, 2.24) is 23.9 Å². The van der Waals surface area contributed by atoms with Crippen LogP contribution in [0.2, 0.25) is 0 Å². The Morgan fingerprint density at radius 1 is 1.17 bits per heavy atom. The van der Waals surface area contributed by atoms with Crippen LogP contribution in [-0.2, 0) is 17.6 Å². The second-order valence-corrected chi connectivity index (χ2v) is 6.52. The number of aromatic amines is 1. The van der Waals surface area contributed by atoms with E-state index in [0.717, 1.165) is 12.1 Å². The van der Waals surface area contributed by atoms with Gasteiger partial charge >= 0.3 is 6.18 Å². The molecule has 3 heterocycles. The van der Waals surface area contributed by atoms with Crippen molar-refractivity contribution in [2.45, 2.75) is 19.0 Å². The van der Waals surface area contributed by atoms with Crippen LogP contribution in [0.25, 0.3) is 28.2 Å². The van der Waals surface area contributed by atoms with Crippen LogP contribution in [0.1, 0.15) is 5.56 Å². The standard InChI is InChI=1S/C18H16F3N5O4/c19-18(20,21)11-3-1-10(2-4-11)13-5-26-16(29)14-15(24-17(26)23-13)25(8-22-14)9-30-12(6-27)7-28/h1-5,8,12,27-28H,6-7,9H2,(H,23,24). The van der Waals surface area contributed by atoms with Crippen molar-refractivity contribution in [3.63, 3.8) is 0 Å². The van der Waals surface area contributed by atoms with Gasteiger partial charge in [0.25, 0.3) is 5.56 Å². The zero-order chi connectivity index (χ0) is 21.5. The van der Waals surface area contributed by atoms with E-state index in [0.29, 0.717) is 11.3 Å². The van der Waals surface area contributed by atoms with Crippen molar-refractivity contribution < 1.29 is 28.1 Å². The zero-order valence-electron chi connectivity index (χ0n) is 15.3. The van der Waals surface area contributed by atoms with Gasteiger partial charge in [-0.2, -0.15) is 18.2 Å². The number of nitrogens with zero attached hydrogens (tertiary/aromatic N) is 4. The Kier molecular flexibility index (Phi) is 5.05. The third kappa shape index (κ3) is 3.56. The predicted octanol–water partition coefficient (Wildman–Crippen LogP) is 1.39. The largest absolute Gasteiger partial charge is 0.416 e. The molecule has 9 nitrogen and oxygen atoms in total. The van der Waals surface area contributed by atoms with Crippen molar-refractivity contribution >= 4 is 16.9 Å². The minimum Gasteiger partial charge on any atom is -0.394 e. The molecule has 0 fully saturated rings. The third-order valence-corrected chi connectivity index (χ3v) is 4.56. The molecule has 0 saturated heterocycles. The number of hydrogen-bond acceptors (Lipinski definition) is 6. The summed E-state index contributed by atoms with van der Waals surface area (Å²) >= 11 is 0. The number of halogens is 3. The number of aliphatic hydroxyl groups is 2. The first kappa shape index (κ1) is 20.1. The van der Waals surface area contributed by atoms with E-state index in [-0.39, 0.29) is 36.9 Å². The summed E-state index contributed by atoms with van der Waals surface area (Å²) in [6.45, 7) is -0.857. The molecule has 1 aromatic carbocycles. The van der Waals surface area contributed by atoms with Crippen LogP contribution in [-0.4, -0.2) is 53.5 Å². The molecular weight excluding hydrogens is 407 g/mol. The number of alkyl halides is 3. The number of nitrogens with one attached hydrogen (secondary N) is 1. The second kappa shape index (κ2) is 7.55. The van der Waals surface area contributed by atoms with E-state index in [4.69, 9.17) is 14.9 Å². The molecule has 4 rings (SSSR count). The molecule has 3 N–H and O–H groups in total. The van der Waals surface area contributed by atoms with Crippen LogP contribution < -0.4 is 5.56 Å². The monoisotopic (exact) mass is 423 g/mol. The fourth-order valence-electron chi connectivity index (χ4n) is 2.93. The highest BCUT2D eigenvalue weighted by atomic mass is 19.4.